The summed E-state index contributed by atoms with van der Waals surface area (Å²) in [5.41, 5.74) is 2.68. The molecule has 0 radical (unpaired) electrons. The first-order valence-electron chi connectivity index (χ1n) is 10.4. The van der Waals surface area contributed by atoms with Crippen molar-refractivity contribution in [3.8, 4) is 0 Å². The van der Waals surface area contributed by atoms with E-state index < -0.39 is 15.9 Å². The van der Waals surface area contributed by atoms with Gasteiger partial charge in [-0.05, 0) is 43.9 Å². The summed E-state index contributed by atoms with van der Waals surface area (Å²) >= 11 is 0. The van der Waals surface area contributed by atoms with E-state index >= 15 is 0 Å². The molecule has 2 aromatic carbocycles. The number of para-hydroxylation sites is 1. The Labute approximate surface area is 184 Å². The highest BCUT2D eigenvalue weighted by atomic mass is 32.2. The van der Waals surface area contributed by atoms with Crippen LogP contribution in [0.4, 0.5) is 5.69 Å². The van der Waals surface area contributed by atoms with Crippen molar-refractivity contribution in [2.24, 2.45) is 0 Å². The van der Waals surface area contributed by atoms with Gasteiger partial charge in [0.2, 0.25) is 15.9 Å². The number of piperidine rings is 1. The van der Waals surface area contributed by atoms with Crippen LogP contribution in [-0.2, 0) is 21.4 Å². The second-order valence-electron chi connectivity index (χ2n) is 7.96. The van der Waals surface area contributed by atoms with Crippen molar-refractivity contribution in [1.82, 2.24) is 9.21 Å². The Hall–Kier alpha value is -2.71. The van der Waals surface area contributed by atoms with E-state index in [1.807, 2.05) is 31.2 Å². The number of benzene rings is 2. The van der Waals surface area contributed by atoms with Crippen LogP contribution in [-0.4, -0.2) is 55.3 Å². The predicted octanol–water partition coefficient (Wildman–Crippen LogP) is 3.02. The van der Waals surface area contributed by atoms with Gasteiger partial charge in [-0.25, -0.2) is 8.42 Å². The second-order valence-corrected chi connectivity index (χ2v) is 9.95. The normalized spacial score (nSPS) is 14.5. The highest BCUT2D eigenvalue weighted by molar-refractivity contribution is 7.88. The molecule has 7 nitrogen and oxygen atoms in total. The fourth-order valence-corrected chi connectivity index (χ4v) is 4.32. The van der Waals surface area contributed by atoms with E-state index in [-0.39, 0.29) is 19.0 Å². The zero-order valence-electron chi connectivity index (χ0n) is 18.0. The lowest BCUT2D eigenvalue weighted by molar-refractivity contribution is -0.116. The number of sulfonamides is 1. The van der Waals surface area contributed by atoms with E-state index in [1.165, 1.54) is 0 Å². The molecule has 3 rings (SSSR count). The third-order valence-corrected chi connectivity index (χ3v) is 6.54. The highest BCUT2D eigenvalue weighted by Crippen LogP contribution is 2.20. The number of hydrogen-bond acceptors (Lipinski definition) is 4. The number of amides is 2. The fourth-order valence-electron chi connectivity index (χ4n) is 3.58. The summed E-state index contributed by atoms with van der Waals surface area (Å²) in [6.07, 6.45) is 4.15. The Kier molecular flexibility index (Phi) is 7.46. The molecule has 0 aliphatic carbocycles. The summed E-state index contributed by atoms with van der Waals surface area (Å²) in [4.78, 5) is 27.4. The molecule has 1 fully saturated rings. The maximum atomic E-state index is 12.9. The fraction of sp³-hybridized carbons (Fsp3) is 0.391. The van der Waals surface area contributed by atoms with Gasteiger partial charge in [-0.1, -0.05) is 42.0 Å². The summed E-state index contributed by atoms with van der Waals surface area (Å²) < 4.78 is 25.6. The molecule has 0 aromatic heterocycles. The summed E-state index contributed by atoms with van der Waals surface area (Å²) in [5, 5.41) is 2.74. The SMILES string of the molecule is Cc1ccc(CN(CC(=O)Nc2ccccc2C(=O)N2CCCCC2)S(C)(=O)=O)cc1. The minimum atomic E-state index is -3.61. The molecule has 0 bridgehead atoms. The summed E-state index contributed by atoms with van der Waals surface area (Å²) in [7, 11) is -3.61. The van der Waals surface area contributed by atoms with Crippen LogP contribution < -0.4 is 5.32 Å². The maximum absolute atomic E-state index is 12.9. The van der Waals surface area contributed by atoms with Crippen molar-refractivity contribution in [1.29, 1.82) is 0 Å². The highest BCUT2D eigenvalue weighted by Gasteiger charge is 2.24. The van der Waals surface area contributed by atoms with E-state index in [0.29, 0.717) is 24.3 Å². The molecule has 1 N–H and O–H groups in total. The largest absolute Gasteiger partial charge is 0.339 e. The zero-order valence-corrected chi connectivity index (χ0v) is 18.8. The molecule has 166 valence electrons. The molecular formula is C23H29N3O4S. The summed E-state index contributed by atoms with van der Waals surface area (Å²) in [5.74, 6) is -0.605. The minimum absolute atomic E-state index is 0.0981. The average Bonchev–Trinajstić information content (AvgIpc) is 2.74. The number of carbonyl (C=O) groups is 2. The van der Waals surface area contributed by atoms with Crippen molar-refractivity contribution < 1.29 is 18.0 Å². The van der Waals surface area contributed by atoms with Gasteiger partial charge in [-0.15, -0.1) is 0 Å². The number of rotatable bonds is 7. The number of anilines is 1. The van der Waals surface area contributed by atoms with Crippen LogP contribution >= 0.6 is 0 Å². The van der Waals surface area contributed by atoms with Crippen LogP contribution in [0.1, 0.15) is 40.7 Å². The Morgan fingerprint density at radius 2 is 1.65 bits per heavy atom. The maximum Gasteiger partial charge on any atom is 0.255 e. The second kappa shape index (κ2) is 10.1. The van der Waals surface area contributed by atoms with Crippen LogP contribution in [0.25, 0.3) is 0 Å². The zero-order chi connectivity index (χ0) is 22.4. The Morgan fingerprint density at radius 3 is 2.29 bits per heavy atom. The van der Waals surface area contributed by atoms with Crippen molar-refractivity contribution in [3.05, 3.63) is 65.2 Å². The van der Waals surface area contributed by atoms with Crippen LogP contribution in [0, 0.1) is 6.92 Å². The van der Waals surface area contributed by atoms with Gasteiger partial charge >= 0.3 is 0 Å². The van der Waals surface area contributed by atoms with Gasteiger partial charge in [0, 0.05) is 19.6 Å². The summed E-state index contributed by atoms with van der Waals surface area (Å²) in [6.45, 7) is 3.13. The van der Waals surface area contributed by atoms with Gasteiger partial charge in [0.25, 0.3) is 5.91 Å². The predicted molar refractivity (Wildman–Crippen MR) is 121 cm³/mol. The van der Waals surface area contributed by atoms with Crippen LogP contribution in [0.5, 0.6) is 0 Å². The standard InChI is InChI=1S/C23H29N3O4S/c1-18-10-12-19(13-11-18)16-26(31(2,29)30)17-22(27)24-21-9-5-4-8-20(21)23(28)25-14-6-3-7-15-25/h4-5,8-13H,3,6-7,14-17H2,1-2H3,(H,24,27). The van der Waals surface area contributed by atoms with E-state index in [4.69, 9.17) is 0 Å². The van der Waals surface area contributed by atoms with E-state index in [0.717, 1.165) is 41.0 Å². The molecule has 0 unspecified atom stereocenters. The Morgan fingerprint density at radius 1 is 1.00 bits per heavy atom. The number of nitrogens with zero attached hydrogens (tertiary/aromatic N) is 2. The smallest absolute Gasteiger partial charge is 0.255 e. The number of aryl methyl sites for hydroxylation is 1. The van der Waals surface area contributed by atoms with Gasteiger partial charge in [-0.3, -0.25) is 9.59 Å². The third kappa shape index (κ3) is 6.38. The Bertz CT molecular complexity index is 1030. The monoisotopic (exact) mass is 443 g/mol. The average molecular weight is 444 g/mol. The topological polar surface area (TPSA) is 86.8 Å². The third-order valence-electron chi connectivity index (χ3n) is 5.34. The molecule has 1 heterocycles. The molecule has 2 amide bonds. The quantitative estimate of drug-likeness (QED) is 0.713. The van der Waals surface area contributed by atoms with Crippen LogP contribution in [0.3, 0.4) is 0 Å². The molecule has 0 saturated carbocycles. The number of likely N-dealkylation sites (tertiary alicyclic amines) is 1. The van der Waals surface area contributed by atoms with Crippen molar-refractivity contribution in [3.63, 3.8) is 0 Å². The molecule has 1 saturated heterocycles. The first-order chi connectivity index (χ1) is 14.7. The number of hydrogen-bond donors (Lipinski definition) is 1. The first kappa shape index (κ1) is 23.0. The van der Waals surface area contributed by atoms with Gasteiger partial charge in [0.15, 0.2) is 0 Å². The molecule has 8 heteroatoms. The van der Waals surface area contributed by atoms with Crippen molar-refractivity contribution in [2.75, 3.05) is 31.2 Å². The first-order valence-corrected chi connectivity index (χ1v) is 12.3. The number of nitrogens with one attached hydrogen (secondary N) is 1. The molecule has 1 aliphatic heterocycles. The lowest BCUT2D eigenvalue weighted by atomic mass is 10.1. The summed E-state index contributed by atoms with van der Waals surface area (Å²) in [6, 6.07) is 14.3. The van der Waals surface area contributed by atoms with Gasteiger partial charge in [-0.2, -0.15) is 4.31 Å². The van der Waals surface area contributed by atoms with Gasteiger partial charge in [0.05, 0.1) is 24.1 Å². The lowest BCUT2D eigenvalue weighted by Crippen LogP contribution is -2.38. The molecule has 0 spiro atoms. The number of carbonyl (C=O) groups excluding carboxylic acids is 2. The van der Waals surface area contributed by atoms with Crippen LogP contribution in [0.2, 0.25) is 0 Å². The minimum Gasteiger partial charge on any atom is -0.339 e. The van der Waals surface area contributed by atoms with E-state index in [1.54, 1.807) is 29.2 Å². The van der Waals surface area contributed by atoms with Crippen LogP contribution in [0.15, 0.2) is 48.5 Å². The molecular weight excluding hydrogens is 414 g/mol. The molecule has 1 aliphatic rings. The van der Waals surface area contributed by atoms with E-state index in [2.05, 4.69) is 5.32 Å². The van der Waals surface area contributed by atoms with E-state index in [9.17, 15) is 18.0 Å². The molecule has 31 heavy (non-hydrogen) atoms. The lowest BCUT2D eigenvalue weighted by Gasteiger charge is -2.27. The van der Waals surface area contributed by atoms with Gasteiger partial charge < -0.3 is 10.2 Å². The van der Waals surface area contributed by atoms with Crippen molar-refractivity contribution in [2.45, 2.75) is 32.7 Å². The Balaban J connectivity index is 1.72. The van der Waals surface area contributed by atoms with Gasteiger partial charge in [0.1, 0.15) is 0 Å². The molecule has 2 aromatic rings. The molecule has 0 atom stereocenters. The van der Waals surface area contributed by atoms with Crippen molar-refractivity contribution >= 4 is 27.5 Å².